The van der Waals surface area contributed by atoms with Gasteiger partial charge in [0.05, 0.1) is 25.0 Å². The average molecular weight is 451 g/mol. The fourth-order valence-corrected chi connectivity index (χ4v) is 4.08. The molecule has 3 aromatic rings. The van der Waals surface area contributed by atoms with Crippen LogP contribution in [-0.4, -0.2) is 39.2 Å². The number of alkyl halides is 2. The number of nitrogens with zero attached hydrogens (tertiary/aromatic N) is 4. The number of halogens is 4. The van der Waals surface area contributed by atoms with Crippen LogP contribution in [0.15, 0.2) is 30.5 Å². The Morgan fingerprint density at radius 2 is 2.06 bits per heavy atom. The molecule has 0 unspecified atom stereocenters. The van der Waals surface area contributed by atoms with E-state index in [1.807, 2.05) is 0 Å². The number of ether oxygens (including phenoxy) is 1. The van der Waals surface area contributed by atoms with Crippen molar-refractivity contribution in [2.45, 2.75) is 19.4 Å². The number of rotatable bonds is 4. The monoisotopic (exact) mass is 450 g/mol. The molecule has 0 bridgehead atoms. The predicted octanol–water partition coefficient (Wildman–Crippen LogP) is 4.42. The van der Waals surface area contributed by atoms with Gasteiger partial charge in [0.1, 0.15) is 16.6 Å². The predicted molar refractivity (Wildman–Crippen MR) is 108 cm³/mol. The number of aryl methyl sites for hydroxylation is 1. The van der Waals surface area contributed by atoms with E-state index in [0.29, 0.717) is 35.7 Å². The third-order valence-corrected chi connectivity index (χ3v) is 5.58. The normalized spacial score (nSPS) is 13.5. The highest BCUT2D eigenvalue weighted by atomic mass is 35.5. The van der Waals surface area contributed by atoms with E-state index in [0.717, 1.165) is 11.6 Å². The first-order valence-corrected chi connectivity index (χ1v) is 9.79. The minimum absolute atomic E-state index is 0.0762. The van der Waals surface area contributed by atoms with Crippen LogP contribution >= 0.6 is 11.6 Å². The summed E-state index contributed by atoms with van der Waals surface area (Å²) < 4.78 is 46.9. The average Bonchev–Trinajstić information content (AvgIpc) is 3.07. The number of methoxy groups -OCH3 is 1. The third-order valence-electron chi connectivity index (χ3n) is 5.21. The summed E-state index contributed by atoms with van der Waals surface area (Å²) in [4.78, 5) is 18.6. The molecule has 0 atom stereocenters. The molecule has 1 amide bonds. The lowest BCUT2D eigenvalue weighted by Gasteiger charge is -2.26. The summed E-state index contributed by atoms with van der Waals surface area (Å²) in [7, 11) is 3.11. The van der Waals surface area contributed by atoms with Crippen molar-refractivity contribution in [3.8, 4) is 17.0 Å². The van der Waals surface area contributed by atoms with Gasteiger partial charge in [-0.1, -0.05) is 11.6 Å². The van der Waals surface area contributed by atoms with Gasteiger partial charge in [0.15, 0.2) is 5.69 Å². The molecule has 3 heterocycles. The molecule has 0 saturated carbocycles. The highest BCUT2D eigenvalue weighted by Crippen LogP contribution is 2.34. The van der Waals surface area contributed by atoms with Crippen LogP contribution in [0.1, 0.15) is 33.7 Å². The lowest BCUT2D eigenvalue weighted by molar-refractivity contribution is 0.0726. The minimum Gasteiger partial charge on any atom is -0.495 e. The second-order valence-corrected chi connectivity index (χ2v) is 7.50. The van der Waals surface area contributed by atoms with E-state index in [1.54, 1.807) is 18.0 Å². The maximum absolute atomic E-state index is 14.0. The van der Waals surface area contributed by atoms with Crippen molar-refractivity contribution < 1.29 is 22.7 Å². The molecular weight excluding hydrogens is 433 g/mol. The number of hydrogen-bond acceptors (Lipinski definition) is 4. The van der Waals surface area contributed by atoms with E-state index in [9.17, 15) is 18.0 Å². The zero-order valence-corrected chi connectivity index (χ0v) is 17.5. The lowest BCUT2D eigenvalue weighted by Crippen LogP contribution is -2.36. The summed E-state index contributed by atoms with van der Waals surface area (Å²) >= 11 is 6.24. The Hall–Kier alpha value is -3.07. The molecule has 0 fully saturated rings. The fraction of sp³-hybridized carbons (Fsp3) is 0.286. The highest BCUT2D eigenvalue weighted by molar-refractivity contribution is 6.34. The molecule has 162 valence electrons. The van der Waals surface area contributed by atoms with Crippen LogP contribution in [0.2, 0.25) is 5.02 Å². The van der Waals surface area contributed by atoms with Gasteiger partial charge in [-0.25, -0.2) is 18.2 Å². The zero-order valence-electron chi connectivity index (χ0n) is 16.7. The van der Waals surface area contributed by atoms with Gasteiger partial charge in [-0.3, -0.25) is 9.48 Å². The van der Waals surface area contributed by atoms with Gasteiger partial charge in [-0.15, -0.1) is 0 Å². The number of fused-ring (bicyclic) bond motifs is 1. The van der Waals surface area contributed by atoms with Crippen LogP contribution in [0, 0.1) is 5.82 Å². The van der Waals surface area contributed by atoms with Crippen LogP contribution in [0.25, 0.3) is 11.3 Å². The summed E-state index contributed by atoms with van der Waals surface area (Å²) in [5, 5.41) is 4.58. The Bertz CT molecular complexity index is 1170. The molecule has 0 saturated heterocycles. The molecule has 0 spiro atoms. The molecule has 1 aliphatic rings. The summed E-state index contributed by atoms with van der Waals surface area (Å²) in [6.45, 7) is 0.533. The van der Waals surface area contributed by atoms with E-state index in [-0.39, 0.29) is 23.2 Å². The fourth-order valence-electron chi connectivity index (χ4n) is 3.81. The number of amides is 1. The molecule has 2 aromatic heterocycles. The Balaban J connectivity index is 1.66. The first kappa shape index (κ1) is 21.2. The number of carbonyl (C=O) groups is 1. The van der Waals surface area contributed by atoms with E-state index in [4.69, 9.17) is 16.3 Å². The SMILES string of the molecule is COc1ccnc(C(=O)N2CCc3c(nn(C)c3-c3cc(F)cc(C(F)F)c3)C2)c1Cl. The van der Waals surface area contributed by atoms with Gasteiger partial charge in [0, 0.05) is 42.5 Å². The van der Waals surface area contributed by atoms with Crippen LogP contribution in [0.5, 0.6) is 5.75 Å². The highest BCUT2D eigenvalue weighted by Gasteiger charge is 2.30. The van der Waals surface area contributed by atoms with Gasteiger partial charge in [0.2, 0.25) is 0 Å². The molecule has 0 N–H and O–H groups in total. The molecular formula is C21H18ClF3N4O2. The van der Waals surface area contributed by atoms with Crippen molar-refractivity contribution in [3.05, 3.63) is 63.8 Å². The lowest BCUT2D eigenvalue weighted by atomic mass is 9.98. The third kappa shape index (κ3) is 3.85. The van der Waals surface area contributed by atoms with Crippen LogP contribution in [0.3, 0.4) is 0 Å². The minimum atomic E-state index is -2.79. The van der Waals surface area contributed by atoms with Gasteiger partial charge in [-0.05, 0) is 24.6 Å². The van der Waals surface area contributed by atoms with Gasteiger partial charge >= 0.3 is 0 Å². The van der Waals surface area contributed by atoms with Crippen LogP contribution < -0.4 is 4.74 Å². The summed E-state index contributed by atoms with van der Waals surface area (Å²) in [6.07, 6.45) is -0.921. The molecule has 0 radical (unpaired) electrons. The van der Waals surface area contributed by atoms with Crippen LogP contribution in [0.4, 0.5) is 13.2 Å². The van der Waals surface area contributed by atoms with Crippen molar-refractivity contribution in [1.82, 2.24) is 19.7 Å². The quantitative estimate of drug-likeness (QED) is 0.590. The molecule has 1 aliphatic heterocycles. The summed E-state index contributed by atoms with van der Waals surface area (Å²) in [5.41, 5.74) is 1.97. The van der Waals surface area contributed by atoms with E-state index < -0.39 is 17.8 Å². The first-order chi connectivity index (χ1) is 14.8. The van der Waals surface area contributed by atoms with Crippen LogP contribution in [-0.2, 0) is 20.0 Å². The Morgan fingerprint density at radius 3 is 2.77 bits per heavy atom. The Morgan fingerprint density at radius 1 is 1.29 bits per heavy atom. The van der Waals surface area contributed by atoms with Gasteiger partial charge < -0.3 is 9.64 Å². The van der Waals surface area contributed by atoms with Crippen molar-refractivity contribution >= 4 is 17.5 Å². The van der Waals surface area contributed by atoms with E-state index in [1.165, 1.54) is 30.1 Å². The van der Waals surface area contributed by atoms with Gasteiger partial charge in [0.25, 0.3) is 12.3 Å². The van der Waals surface area contributed by atoms with Crippen molar-refractivity contribution in [2.75, 3.05) is 13.7 Å². The summed E-state index contributed by atoms with van der Waals surface area (Å²) in [6, 6.07) is 4.86. The summed E-state index contributed by atoms with van der Waals surface area (Å²) in [5.74, 6) is -0.764. The van der Waals surface area contributed by atoms with E-state index >= 15 is 0 Å². The second-order valence-electron chi connectivity index (χ2n) is 7.12. The number of benzene rings is 1. The molecule has 6 nitrogen and oxygen atoms in total. The van der Waals surface area contributed by atoms with E-state index in [2.05, 4.69) is 10.1 Å². The first-order valence-electron chi connectivity index (χ1n) is 9.41. The smallest absolute Gasteiger partial charge is 0.274 e. The van der Waals surface area contributed by atoms with Gasteiger partial charge in [-0.2, -0.15) is 5.10 Å². The molecule has 4 rings (SSSR count). The molecule has 10 heteroatoms. The zero-order chi connectivity index (χ0) is 22.3. The van der Waals surface area contributed by atoms with Crippen molar-refractivity contribution in [2.24, 2.45) is 7.05 Å². The molecule has 31 heavy (non-hydrogen) atoms. The Labute approximate surface area is 181 Å². The number of carbonyl (C=O) groups excluding carboxylic acids is 1. The van der Waals surface area contributed by atoms with Crippen molar-refractivity contribution in [1.29, 1.82) is 0 Å². The maximum Gasteiger partial charge on any atom is 0.274 e. The molecule has 0 aliphatic carbocycles. The molecule has 1 aromatic carbocycles. The van der Waals surface area contributed by atoms with Crippen molar-refractivity contribution in [3.63, 3.8) is 0 Å². The number of pyridine rings is 1. The second kappa shape index (κ2) is 8.22. The Kier molecular flexibility index (Phi) is 5.62. The number of aromatic nitrogens is 3. The topological polar surface area (TPSA) is 60.2 Å². The standard InChI is InChI=1S/C21H18ClF3N4O2/c1-28-19(11-7-12(20(24)25)9-13(23)8-11)14-4-6-29(10-15(14)27-28)21(30)18-17(22)16(31-2)3-5-26-18/h3,5,7-9,20H,4,6,10H2,1-2H3. The number of hydrogen-bond donors (Lipinski definition) is 0. The largest absolute Gasteiger partial charge is 0.495 e. The maximum atomic E-state index is 14.0.